The lowest BCUT2D eigenvalue weighted by Gasteiger charge is -2.35. The highest BCUT2D eigenvalue weighted by molar-refractivity contribution is 4.80. The second kappa shape index (κ2) is 5.58. The summed E-state index contributed by atoms with van der Waals surface area (Å²) in [6, 6.07) is 0. The summed E-state index contributed by atoms with van der Waals surface area (Å²) in [6.45, 7) is 10.5. The van der Waals surface area contributed by atoms with Crippen LogP contribution in [0.2, 0.25) is 0 Å². The average Bonchev–Trinajstić information content (AvgIpc) is 2.03. The van der Waals surface area contributed by atoms with Gasteiger partial charge in [0.1, 0.15) is 5.60 Å². The number of aliphatic hydroxyl groups is 1. The van der Waals surface area contributed by atoms with Crippen LogP contribution in [-0.4, -0.2) is 30.2 Å². The molecule has 0 amide bonds. The van der Waals surface area contributed by atoms with Gasteiger partial charge in [-0.3, -0.25) is 0 Å². The van der Waals surface area contributed by atoms with Crippen molar-refractivity contribution in [2.75, 3.05) is 13.2 Å². The van der Waals surface area contributed by atoms with E-state index in [1.54, 1.807) is 6.92 Å². The van der Waals surface area contributed by atoms with Gasteiger partial charge in [-0.15, -0.1) is 0 Å². The fourth-order valence-corrected chi connectivity index (χ4v) is 0.960. The van der Waals surface area contributed by atoms with Crippen LogP contribution in [-0.2, 0) is 9.47 Å². The zero-order chi connectivity index (χ0) is 10.5. The van der Waals surface area contributed by atoms with E-state index in [0.717, 1.165) is 0 Å². The lowest BCUT2D eigenvalue weighted by Crippen LogP contribution is -2.47. The van der Waals surface area contributed by atoms with Crippen LogP contribution in [0.1, 0.15) is 34.6 Å². The standard InChI is InChI=1S/C10H22O3/c1-6-12-9(13-7-2)10(5,11)8(3)4/h8-9,11H,6-7H2,1-5H3. The van der Waals surface area contributed by atoms with Crippen LogP contribution in [0.25, 0.3) is 0 Å². The third-order valence-corrected chi connectivity index (χ3v) is 2.28. The predicted octanol–water partition coefficient (Wildman–Crippen LogP) is 1.79. The lowest BCUT2D eigenvalue weighted by atomic mass is 9.92. The van der Waals surface area contributed by atoms with Gasteiger partial charge < -0.3 is 14.6 Å². The summed E-state index contributed by atoms with van der Waals surface area (Å²) in [4.78, 5) is 0. The number of ether oxygens (including phenoxy) is 2. The molecule has 80 valence electrons. The smallest absolute Gasteiger partial charge is 0.186 e. The maximum absolute atomic E-state index is 10.1. The van der Waals surface area contributed by atoms with Crippen molar-refractivity contribution >= 4 is 0 Å². The van der Waals surface area contributed by atoms with Gasteiger partial charge in [-0.05, 0) is 26.7 Å². The van der Waals surface area contributed by atoms with E-state index in [1.165, 1.54) is 0 Å². The molecule has 0 saturated heterocycles. The first-order valence-corrected chi connectivity index (χ1v) is 4.92. The van der Waals surface area contributed by atoms with Crippen molar-refractivity contribution in [3.63, 3.8) is 0 Å². The van der Waals surface area contributed by atoms with Crippen LogP contribution in [0.3, 0.4) is 0 Å². The first-order valence-electron chi connectivity index (χ1n) is 4.92. The molecule has 0 heterocycles. The van der Waals surface area contributed by atoms with Crippen LogP contribution in [0.4, 0.5) is 0 Å². The van der Waals surface area contributed by atoms with Gasteiger partial charge in [0.2, 0.25) is 0 Å². The zero-order valence-corrected chi connectivity index (χ0v) is 9.33. The Morgan fingerprint density at radius 2 is 1.54 bits per heavy atom. The highest BCUT2D eigenvalue weighted by Gasteiger charge is 2.36. The third kappa shape index (κ3) is 3.63. The maximum atomic E-state index is 10.1. The molecule has 0 bridgehead atoms. The zero-order valence-electron chi connectivity index (χ0n) is 9.33. The Labute approximate surface area is 81.0 Å². The van der Waals surface area contributed by atoms with E-state index in [4.69, 9.17) is 9.47 Å². The largest absolute Gasteiger partial charge is 0.385 e. The molecule has 1 atom stereocenters. The molecule has 0 saturated carbocycles. The highest BCUT2D eigenvalue weighted by Crippen LogP contribution is 2.23. The summed E-state index contributed by atoms with van der Waals surface area (Å²) in [5, 5.41) is 10.1. The Bertz CT molecular complexity index is 126. The average molecular weight is 190 g/mol. The first kappa shape index (κ1) is 12.9. The van der Waals surface area contributed by atoms with Crippen LogP contribution in [0.15, 0.2) is 0 Å². The number of hydrogen-bond donors (Lipinski definition) is 1. The minimum absolute atomic E-state index is 0.107. The van der Waals surface area contributed by atoms with Crippen molar-refractivity contribution in [3.05, 3.63) is 0 Å². The Morgan fingerprint density at radius 1 is 1.15 bits per heavy atom. The molecular weight excluding hydrogens is 168 g/mol. The minimum atomic E-state index is -0.925. The van der Waals surface area contributed by atoms with Gasteiger partial charge >= 0.3 is 0 Å². The van der Waals surface area contributed by atoms with E-state index >= 15 is 0 Å². The summed E-state index contributed by atoms with van der Waals surface area (Å²) >= 11 is 0. The Morgan fingerprint density at radius 3 is 1.77 bits per heavy atom. The van der Waals surface area contributed by atoms with E-state index in [1.807, 2.05) is 27.7 Å². The van der Waals surface area contributed by atoms with Crippen LogP contribution >= 0.6 is 0 Å². The van der Waals surface area contributed by atoms with Gasteiger partial charge in [-0.1, -0.05) is 13.8 Å². The molecule has 0 aliphatic carbocycles. The maximum Gasteiger partial charge on any atom is 0.186 e. The van der Waals surface area contributed by atoms with Gasteiger partial charge in [-0.25, -0.2) is 0 Å². The van der Waals surface area contributed by atoms with Gasteiger partial charge in [0, 0.05) is 13.2 Å². The van der Waals surface area contributed by atoms with Crippen molar-refractivity contribution in [2.24, 2.45) is 5.92 Å². The summed E-state index contributed by atoms with van der Waals surface area (Å²) < 4.78 is 10.7. The molecule has 0 spiro atoms. The van der Waals surface area contributed by atoms with E-state index < -0.39 is 11.9 Å². The molecule has 0 aromatic carbocycles. The number of hydrogen-bond acceptors (Lipinski definition) is 3. The fourth-order valence-electron chi connectivity index (χ4n) is 0.960. The van der Waals surface area contributed by atoms with Crippen molar-refractivity contribution in [1.82, 2.24) is 0 Å². The van der Waals surface area contributed by atoms with Crippen LogP contribution in [0.5, 0.6) is 0 Å². The summed E-state index contributed by atoms with van der Waals surface area (Å²) in [5.74, 6) is 0.107. The van der Waals surface area contributed by atoms with E-state index in [2.05, 4.69) is 0 Å². The molecule has 0 rings (SSSR count). The Balaban J connectivity index is 4.31. The second-order valence-electron chi connectivity index (χ2n) is 3.62. The van der Waals surface area contributed by atoms with E-state index in [-0.39, 0.29) is 5.92 Å². The van der Waals surface area contributed by atoms with Gasteiger partial charge in [0.15, 0.2) is 6.29 Å². The quantitative estimate of drug-likeness (QED) is 0.649. The van der Waals surface area contributed by atoms with Crippen molar-refractivity contribution in [3.8, 4) is 0 Å². The Kier molecular flexibility index (Phi) is 5.53. The predicted molar refractivity (Wildman–Crippen MR) is 52.5 cm³/mol. The molecule has 3 heteroatoms. The molecule has 3 nitrogen and oxygen atoms in total. The summed E-state index contributed by atoms with van der Waals surface area (Å²) in [6.07, 6.45) is -0.525. The van der Waals surface area contributed by atoms with Crippen molar-refractivity contribution in [2.45, 2.75) is 46.5 Å². The SMILES string of the molecule is CCOC(OCC)C(C)(O)C(C)C. The normalized spacial score (nSPS) is 16.6. The lowest BCUT2D eigenvalue weighted by molar-refractivity contribution is -0.242. The van der Waals surface area contributed by atoms with E-state index in [0.29, 0.717) is 13.2 Å². The molecule has 0 fully saturated rings. The molecule has 0 radical (unpaired) electrons. The summed E-state index contributed by atoms with van der Waals surface area (Å²) in [7, 11) is 0. The monoisotopic (exact) mass is 190 g/mol. The third-order valence-electron chi connectivity index (χ3n) is 2.28. The van der Waals surface area contributed by atoms with Crippen molar-refractivity contribution < 1.29 is 14.6 Å². The molecule has 0 aromatic heterocycles. The van der Waals surface area contributed by atoms with Gasteiger partial charge in [0.05, 0.1) is 0 Å². The molecule has 0 aromatic rings. The van der Waals surface area contributed by atoms with Crippen LogP contribution < -0.4 is 0 Å². The van der Waals surface area contributed by atoms with Gasteiger partial charge in [0.25, 0.3) is 0 Å². The molecule has 13 heavy (non-hydrogen) atoms. The van der Waals surface area contributed by atoms with Gasteiger partial charge in [-0.2, -0.15) is 0 Å². The summed E-state index contributed by atoms with van der Waals surface area (Å²) in [5.41, 5.74) is -0.925. The molecule has 1 unspecified atom stereocenters. The van der Waals surface area contributed by atoms with Crippen molar-refractivity contribution in [1.29, 1.82) is 0 Å². The highest BCUT2D eigenvalue weighted by atomic mass is 16.7. The van der Waals surface area contributed by atoms with Crippen LogP contribution in [0, 0.1) is 5.92 Å². The van der Waals surface area contributed by atoms with E-state index in [9.17, 15) is 5.11 Å². The minimum Gasteiger partial charge on any atom is -0.385 e. The molecule has 0 aliphatic heterocycles. The molecule has 1 N–H and O–H groups in total. The second-order valence-corrected chi connectivity index (χ2v) is 3.62. The Hall–Kier alpha value is -0.120. The fraction of sp³-hybridized carbons (Fsp3) is 1.00. The topological polar surface area (TPSA) is 38.7 Å². The molecule has 0 aliphatic rings. The molecular formula is C10H22O3. The first-order chi connectivity index (χ1) is 5.96. The number of rotatable bonds is 6.